The standard InChI is InChI=1S/C28H22F5N5O4S/c1-36-24-21-11-8-18(17-4-3-5-20(12-17)43(2,40)41)13-22(21)37-23(16-6-9-19(10-7-16)42-28(31,32)33)14-34-38(37)25(24)26(35-36)27(29,30)15-39/h3-14,38-39H,15H2,1-2H3. The van der Waals surface area contributed by atoms with Gasteiger partial charge in [-0.25, -0.2) is 13.5 Å². The SMILES string of the molecule is Cn1nc(C(F)(F)CO)c2c1-c1ccc(-c3cccc(S(C)(=O)=O)c3)cc1N1C(c3ccc(OC(F)(F)F)cc3)=C[N-][NH+]21. The Hall–Kier alpha value is -4.47. The average molecular weight is 620 g/mol. The number of hydrogen-bond acceptors (Lipinski definition) is 6. The fraction of sp³-hybridized carbons (Fsp3) is 0.179. The fourth-order valence-electron chi connectivity index (χ4n) is 5.18. The Morgan fingerprint density at radius 2 is 1.65 bits per heavy atom. The summed E-state index contributed by atoms with van der Waals surface area (Å²) in [5.74, 6) is -4.15. The zero-order valence-electron chi connectivity index (χ0n) is 22.4. The van der Waals surface area contributed by atoms with E-state index in [1.54, 1.807) is 35.3 Å². The first kappa shape index (κ1) is 28.6. The van der Waals surface area contributed by atoms with E-state index < -0.39 is 40.2 Å². The van der Waals surface area contributed by atoms with Gasteiger partial charge >= 0.3 is 12.3 Å². The molecule has 224 valence electrons. The van der Waals surface area contributed by atoms with Crippen molar-refractivity contribution in [2.45, 2.75) is 17.2 Å². The van der Waals surface area contributed by atoms with Gasteiger partial charge in [-0.3, -0.25) is 4.68 Å². The van der Waals surface area contributed by atoms with Crippen LogP contribution >= 0.6 is 0 Å². The van der Waals surface area contributed by atoms with Crippen molar-refractivity contribution in [1.29, 1.82) is 0 Å². The predicted octanol–water partition coefficient (Wildman–Crippen LogP) is 4.69. The van der Waals surface area contributed by atoms with E-state index in [1.165, 1.54) is 42.2 Å². The van der Waals surface area contributed by atoms with Crippen molar-refractivity contribution in [3.8, 4) is 28.1 Å². The van der Waals surface area contributed by atoms with Crippen LogP contribution in [0.15, 0.2) is 77.8 Å². The van der Waals surface area contributed by atoms with Gasteiger partial charge in [-0.2, -0.15) is 18.9 Å². The molecule has 15 heteroatoms. The molecule has 9 nitrogen and oxygen atoms in total. The lowest BCUT2D eigenvalue weighted by Gasteiger charge is -2.39. The Morgan fingerprint density at radius 1 is 0.977 bits per heavy atom. The maximum atomic E-state index is 15.0. The summed E-state index contributed by atoms with van der Waals surface area (Å²) in [4.78, 5) is 0.109. The van der Waals surface area contributed by atoms with E-state index in [1.807, 2.05) is 0 Å². The Balaban J connectivity index is 1.53. The summed E-state index contributed by atoms with van der Waals surface area (Å²) in [6.07, 6.45) is -2.39. The van der Waals surface area contributed by atoms with Crippen molar-refractivity contribution >= 4 is 26.9 Å². The number of aryl methyl sites for hydroxylation is 1. The highest BCUT2D eigenvalue weighted by atomic mass is 32.2. The molecular weight excluding hydrogens is 597 g/mol. The monoisotopic (exact) mass is 619 g/mol. The maximum absolute atomic E-state index is 15.0. The summed E-state index contributed by atoms with van der Waals surface area (Å²) in [6.45, 7) is -1.49. The molecule has 43 heavy (non-hydrogen) atoms. The molecule has 0 bridgehead atoms. The molecule has 0 saturated heterocycles. The van der Waals surface area contributed by atoms with E-state index in [0.717, 1.165) is 18.4 Å². The highest BCUT2D eigenvalue weighted by Gasteiger charge is 2.47. The maximum Gasteiger partial charge on any atom is 0.573 e. The van der Waals surface area contributed by atoms with Crippen molar-refractivity contribution in [1.82, 2.24) is 9.78 Å². The summed E-state index contributed by atoms with van der Waals surface area (Å²) >= 11 is 0. The minimum atomic E-state index is -4.88. The lowest BCUT2D eigenvalue weighted by Crippen LogP contribution is -3.09. The summed E-state index contributed by atoms with van der Waals surface area (Å²) in [6, 6.07) is 16.5. The fourth-order valence-corrected chi connectivity index (χ4v) is 5.85. The van der Waals surface area contributed by atoms with Crippen LogP contribution in [0.5, 0.6) is 5.75 Å². The van der Waals surface area contributed by atoms with Crippen molar-refractivity contribution in [3.63, 3.8) is 0 Å². The second kappa shape index (κ2) is 9.79. The molecular formula is C28H22F5N5O4S. The number of rotatable bonds is 6. The number of benzene rings is 3. The third kappa shape index (κ3) is 4.98. The van der Waals surface area contributed by atoms with Gasteiger partial charge < -0.3 is 15.3 Å². The molecule has 0 aliphatic carbocycles. The number of halogens is 5. The Labute approximate surface area is 241 Å². The number of nitrogens with zero attached hydrogens (tertiary/aromatic N) is 4. The summed E-state index contributed by atoms with van der Waals surface area (Å²) in [5, 5.41) is 15.2. The van der Waals surface area contributed by atoms with Crippen LogP contribution in [0.25, 0.3) is 33.5 Å². The molecule has 6 rings (SSSR count). The van der Waals surface area contributed by atoms with E-state index in [0.29, 0.717) is 39.3 Å². The third-order valence-electron chi connectivity index (χ3n) is 7.05. The number of aliphatic hydroxyl groups is 1. The van der Waals surface area contributed by atoms with Crippen LogP contribution in [0.3, 0.4) is 0 Å². The Bertz CT molecular complexity index is 1890. The second-order valence-corrected chi connectivity index (χ2v) is 12.0. The molecule has 2 N–H and O–H groups in total. The van der Waals surface area contributed by atoms with Gasteiger partial charge in [0.05, 0.1) is 10.6 Å². The molecule has 4 aromatic rings. The number of aliphatic hydroxyl groups excluding tert-OH is 1. The zero-order chi connectivity index (χ0) is 30.9. The summed E-state index contributed by atoms with van der Waals surface area (Å²) in [5.41, 5.74) is 6.97. The first-order valence-electron chi connectivity index (χ1n) is 12.6. The van der Waals surface area contributed by atoms with Crippen molar-refractivity contribution in [3.05, 3.63) is 89.6 Å². The number of quaternary nitrogens is 1. The van der Waals surface area contributed by atoms with Gasteiger partial charge in [0.1, 0.15) is 23.7 Å². The molecule has 3 heterocycles. The summed E-state index contributed by atoms with van der Waals surface area (Å²) < 4.78 is 97.7. The van der Waals surface area contributed by atoms with E-state index >= 15 is 0 Å². The first-order valence-corrected chi connectivity index (χ1v) is 14.5. The average Bonchev–Trinajstić information content (AvgIpc) is 3.54. The molecule has 0 radical (unpaired) electrons. The molecule has 0 fully saturated rings. The zero-order valence-corrected chi connectivity index (χ0v) is 23.2. The minimum Gasteiger partial charge on any atom is -0.461 e. The molecule has 1 aromatic heterocycles. The highest BCUT2D eigenvalue weighted by molar-refractivity contribution is 7.90. The summed E-state index contributed by atoms with van der Waals surface area (Å²) in [7, 11) is -2.02. The number of anilines is 1. The van der Waals surface area contributed by atoms with Gasteiger partial charge in [-0.15, -0.1) is 19.4 Å². The van der Waals surface area contributed by atoms with Crippen LogP contribution in [0.4, 0.5) is 33.3 Å². The van der Waals surface area contributed by atoms with Crippen LogP contribution in [-0.4, -0.2) is 42.5 Å². The molecule has 2 aliphatic heterocycles. The number of fused-ring (bicyclic) bond motifs is 6. The second-order valence-electron chi connectivity index (χ2n) is 9.96. The molecule has 0 spiro atoms. The predicted molar refractivity (Wildman–Crippen MR) is 146 cm³/mol. The number of hydrogen-bond donors (Lipinski definition) is 2. The third-order valence-corrected chi connectivity index (χ3v) is 8.16. The first-order chi connectivity index (χ1) is 20.2. The molecule has 2 aliphatic rings. The van der Waals surface area contributed by atoms with E-state index in [-0.39, 0.29) is 15.7 Å². The van der Waals surface area contributed by atoms with Gasteiger partial charge in [0.25, 0.3) is 0 Å². The van der Waals surface area contributed by atoms with Gasteiger partial charge in [-0.1, -0.05) is 18.2 Å². The van der Waals surface area contributed by atoms with Gasteiger partial charge in [-0.05, 0) is 59.7 Å². The largest absolute Gasteiger partial charge is 0.573 e. The van der Waals surface area contributed by atoms with Crippen molar-refractivity contribution < 1.29 is 45.3 Å². The smallest absolute Gasteiger partial charge is 0.461 e. The van der Waals surface area contributed by atoms with E-state index in [4.69, 9.17) is 0 Å². The lowest BCUT2D eigenvalue weighted by molar-refractivity contribution is -0.787. The van der Waals surface area contributed by atoms with Crippen molar-refractivity contribution in [2.24, 2.45) is 7.05 Å². The number of nitrogens with one attached hydrogen (secondary N) is 1. The van der Waals surface area contributed by atoms with Crippen LogP contribution in [-0.2, 0) is 22.8 Å². The van der Waals surface area contributed by atoms with Crippen LogP contribution < -0.4 is 14.9 Å². The number of sulfone groups is 1. The van der Waals surface area contributed by atoms with Gasteiger partial charge in [0, 0.05) is 24.4 Å². The van der Waals surface area contributed by atoms with Crippen LogP contribution in [0, 0.1) is 0 Å². The number of aromatic nitrogens is 2. The molecule has 0 amide bonds. The quantitative estimate of drug-likeness (QED) is 0.304. The normalized spacial score (nSPS) is 16.2. The Kier molecular flexibility index (Phi) is 6.52. The van der Waals surface area contributed by atoms with Crippen LogP contribution in [0.2, 0.25) is 0 Å². The highest BCUT2D eigenvalue weighted by Crippen LogP contribution is 2.47. The molecule has 1 atom stereocenters. The van der Waals surface area contributed by atoms with E-state index in [2.05, 4.69) is 15.3 Å². The Morgan fingerprint density at radius 3 is 2.30 bits per heavy atom. The molecule has 3 aromatic carbocycles. The number of alkyl halides is 5. The van der Waals surface area contributed by atoms with Gasteiger partial charge in [0.2, 0.25) is 5.69 Å². The minimum absolute atomic E-state index is 0.0100. The lowest BCUT2D eigenvalue weighted by atomic mass is 9.97. The molecule has 1 unspecified atom stereocenters. The molecule has 0 saturated carbocycles. The van der Waals surface area contributed by atoms with E-state index in [9.17, 15) is 35.5 Å². The van der Waals surface area contributed by atoms with Gasteiger partial charge in [0.15, 0.2) is 15.5 Å². The van der Waals surface area contributed by atoms with Crippen LogP contribution in [0.1, 0.15) is 11.3 Å². The van der Waals surface area contributed by atoms with Crippen molar-refractivity contribution in [2.75, 3.05) is 17.9 Å². The number of ether oxygens (including phenoxy) is 1. The topological polar surface area (TPSA) is 103 Å².